The van der Waals surface area contributed by atoms with Crippen LogP contribution in [0.15, 0.2) is 57.3 Å². The average Bonchev–Trinajstić information content (AvgIpc) is 3.10. The second-order valence-corrected chi connectivity index (χ2v) is 7.27. The molecule has 0 aliphatic carbocycles. The summed E-state index contributed by atoms with van der Waals surface area (Å²) in [6.07, 6.45) is 0. The van der Waals surface area contributed by atoms with E-state index in [1.165, 1.54) is 9.14 Å². The van der Waals surface area contributed by atoms with Gasteiger partial charge in [0, 0.05) is 0 Å². The quantitative estimate of drug-likeness (QED) is 0.456. The molecule has 0 atom stereocenters. The Morgan fingerprint density at radius 2 is 1.89 bits per heavy atom. The van der Waals surface area contributed by atoms with Gasteiger partial charge in [0.15, 0.2) is 0 Å². The fourth-order valence-electron chi connectivity index (χ4n) is 1.71. The maximum absolute atomic E-state index is 3.30. The van der Waals surface area contributed by atoms with Crippen LogP contribution in [0.5, 0.6) is 0 Å². The molecule has 2 aromatic heterocycles. The number of rotatable bonds is 1. The van der Waals surface area contributed by atoms with Gasteiger partial charge in [-0.1, -0.05) is 0 Å². The third kappa shape index (κ3) is 2.60. The van der Waals surface area contributed by atoms with Crippen molar-refractivity contribution in [3.05, 3.63) is 68.4 Å². The predicted molar refractivity (Wildman–Crippen MR) is 79.1 cm³/mol. The molecule has 0 saturated carbocycles. The second kappa shape index (κ2) is 5.59. The summed E-state index contributed by atoms with van der Waals surface area (Å²) < 4.78 is 3.79. The number of hydrogen-bond acceptors (Lipinski definition) is 1. The molecular formula is C16H10STe. The first-order valence-corrected chi connectivity index (χ1v) is 9.06. The van der Waals surface area contributed by atoms with Gasteiger partial charge in [-0.15, -0.1) is 0 Å². The van der Waals surface area contributed by atoms with Crippen molar-refractivity contribution >= 4 is 31.8 Å². The van der Waals surface area contributed by atoms with Crippen molar-refractivity contribution in [2.75, 3.05) is 0 Å². The van der Waals surface area contributed by atoms with Crippen LogP contribution in [0, 0.1) is 11.8 Å². The first kappa shape index (κ1) is 11.8. The van der Waals surface area contributed by atoms with Crippen LogP contribution in [0.1, 0.15) is 11.1 Å². The Balaban J connectivity index is 2.03. The molecule has 0 unspecified atom stereocenters. The molecule has 1 aromatic carbocycles. The van der Waals surface area contributed by atoms with E-state index < -0.39 is 0 Å². The van der Waals surface area contributed by atoms with Crippen molar-refractivity contribution in [1.82, 2.24) is 0 Å². The Morgan fingerprint density at radius 3 is 2.67 bits per heavy atom. The Kier molecular flexibility index (Phi) is 3.67. The van der Waals surface area contributed by atoms with Gasteiger partial charge in [0.25, 0.3) is 0 Å². The summed E-state index contributed by atoms with van der Waals surface area (Å²) in [6.45, 7) is 0. The maximum atomic E-state index is 3.30. The van der Waals surface area contributed by atoms with Gasteiger partial charge in [-0.25, -0.2) is 0 Å². The van der Waals surface area contributed by atoms with Gasteiger partial charge in [-0.3, -0.25) is 0 Å². The topological polar surface area (TPSA) is 0 Å². The summed E-state index contributed by atoms with van der Waals surface area (Å²) in [5, 5.41) is 4.14. The average molecular weight is 362 g/mol. The van der Waals surface area contributed by atoms with E-state index in [2.05, 4.69) is 69.1 Å². The SMILES string of the molecule is C(#Cc1ccccc1-c1ccc[te]1)c1ccsc1. The number of benzene rings is 1. The third-order valence-electron chi connectivity index (χ3n) is 2.58. The van der Waals surface area contributed by atoms with Crippen molar-refractivity contribution in [2.45, 2.75) is 0 Å². The van der Waals surface area contributed by atoms with E-state index in [-0.39, 0.29) is 20.4 Å². The number of thiophene rings is 1. The van der Waals surface area contributed by atoms with Crippen molar-refractivity contribution in [1.29, 1.82) is 0 Å². The molecular weight excluding hydrogens is 352 g/mol. The summed E-state index contributed by atoms with van der Waals surface area (Å²) in [4.78, 5) is 0. The summed E-state index contributed by atoms with van der Waals surface area (Å²) >= 11 is 1.55. The van der Waals surface area contributed by atoms with Crippen LogP contribution in [0.2, 0.25) is 0 Å². The van der Waals surface area contributed by atoms with Crippen LogP contribution in [0.25, 0.3) is 9.14 Å². The monoisotopic (exact) mass is 364 g/mol. The summed E-state index contributed by atoms with van der Waals surface area (Å²) in [5.74, 6) is 6.53. The fraction of sp³-hybridized carbons (Fsp3) is 0. The molecule has 3 rings (SSSR count). The minimum absolute atomic E-state index is 0.138. The summed E-state index contributed by atoms with van der Waals surface area (Å²) in [5.41, 5.74) is 3.56. The van der Waals surface area contributed by atoms with Crippen LogP contribution in [0.3, 0.4) is 0 Å². The molecule has 0 fully saturated rings. The number of hydrogen-bond donors (Lipinski definition) is 0. The third-order valence-corrected chi connectivity index (χ3v) is 5.84. The Bertz CT molecular complexity index is 682. The van der Waals surface area contributed by atoms with Gasteiger partial charge in [0.2, 0.25) is 0 Å². The molecule has 18 heavy (non-hydrogen) atoms. The first-order valence-electron chi connectivity index (χ1n) is 5.60. The van der Waals surface area contributed by atoms with E-state index in [1.54, 1.807) is 11.3 Å². The van der Waals surface area contributed by atoms with E-state index >= 15 is 0 Å². The van der Waals surface area contributed by atoms with Crippen molar-refractivity contribution in [3.63, 3.8) is 0 Å². The van der Waals surface area contributed by atoms with Gasteiger partial charge in [-0.2, -0.15) is 0 Å². The molecule has 2 heteroatoms. The van der Waals surface area contributed by atoms with Crippen LogP contribution < -0.4 is 0 Å². The van der Waals surface area contributed by atoms with Gasteiger partial charge < -0.3 is 0 Å². The Hall–Kier alpha value is -1.25. The second-order valence-electron chi connectivity index (χ2n) is 3.78. The molecule has 3 aromatic rings. The van der Waals surface area contributed by atoms with Crippen molar-refractivity contribution in [3.8, 4) is 21.0 Å². The Labute approximate surface area is 121 Å². The van der Waals surface area contributed by atoms with E-state index in [9.17, 15) is 0 Å². The standard InChI is InChI=1S/C16H10STe/c1-2-5-15(16-6-3-11-18-16)14(4-1)8-7-13-9-10-17-12-13/h1-6,9-12H. The Morgan fingerprint density at radius 1 is 0.944 bits per heavy atom. The molecule has 86 valence electrons. The molecule has 0 aliphatic heterocycles. The molecule has 0 radical (unpaired) electrons. The molecule has 0 N–H and O–H groups in total. The van der Waals surface area contributed by atoms with Crippen LogP contribution in [-0.2, 0) is 0 Å². The van der Waals surface area contributed by atoms with Crippen LogP contribution in [0.4, 0.5) is 0 Å². The zero-order valence-electron chi connectivity index (χ0n) is 9.59. The molecule has 0 aliphatic rings. The van der Waals surface area contributed by atoms with Gasteiger partial charge in [-0.05, 0) is 0 Å². The minimum atomic E-state index is -0.138. The fourth-order valence-corrected chi connectivity index (χ4v) is 4.49. The van der Waals surface area contributed by atoms with Crippen molar-refractivity contribution < 1.29 is 0 Å². The zero-order chi connectivity index (χ0) is 12.2. The normalized spacial score (nSPS) is 9.78. The molecule has 2 heterocycles. The first-order chi connectivity index (χ1) is 8.93. The van der Waals surface area contributed by atoms with E-state index in [0.29, 0.717) is 0 Å². The summed E-state index contributed by atoms with van der Waals surface area (Å²) in [6, 6.07) is 14.9. The molecule has 0 spiro atoms. The van der Waals surface area contributed by atoms with E-state index in [4.69, 9.17) is 0 Å². The predicted octanol–water partition coefficient (Wildman–Crippen LogP) is 3.87. The zero-order valence-corrected chi connectivity index (χ0v) is 12.7. The van der Waals surface area contributed by atoms with Crippen LogP contribution in [-0.4, -0.2) is 20.4 Å². The molecule has 0 bridgehead atoms. The van der Waals surface area contributed by atoms with E-state index in [1.807, 2.05) is 0 Å². The summed E-state index contributed by atoms with van der Waals surface area (Å²) in [7, 11) is 0. The van der Waals surface area contributed by atoms with E-state index in [0.717, 1.165) is 11.1 Å². The molecule has 0 nitrogen and oxygen atoms in total. The van der Waals surface area contributed by atoms with Gasteiger partial charge >= 0.3 is 121 Å². The molecule has 0 amide bonds. The van der Waals surface area contributed by atoms with Gasteiger partial charge in [0.05, 0.1) is 0 Å². The van der Waals surface area contributed by atoms with Crippen molar-refractivity contribution in [2.24, 2.45) is 0 Å². The molecule has 0 saturated heterocycles. The van der Waals surface area contributed by atoms with Crippen LogP contribution >= 0.6 is 11.3 Å². The van der Waals surface area contributed by atoms with Gasteiger partial charge in [0.1, 0.15) is 0 Å².